The van der Waals surface area contributed by atoms with Crippen molar-refractivity contribution in [2.75, 3.05) is 23.4 Å². The van der Waals surface area contributed by atoms with Gasteiger partial charge in [-0.25, -0.2) is 13.2 Å². The molecular formula is C14H17NO5S. The number of hydrogen-bond acceptors (Lipinski definition) is 5. The average Bonchev–Trinajstić information content (AvgIpc) is 2.38. The molecule has 1 amide bonds. The number of ether oxygens (including phenoxy) is 1. The van der Waals surface area contributed by atoms with Gasteiger partial charge in [0.05, 0.1) is 17.9 Å². The van der Waals surface area contributed by atoms with E-state index in [0.29, 0.717) is 11.3 Å². The lowest BCUT2D eigenvalue weighted by Gasteiger charge is -2.06. The van der Waals surface area contributed by atoms with Crippen LogP contribution in [0.2, 0.25) is 0 Å². The minimum absolute atomic E-state index is 0.248. The second-order valence-electron chi connectivity index (χ2n) is 4.19. The average molecular weight is 311 g/mol. The summed E-state index contributed by atoms with van der Waals surface area (Å²) in [5.41, 5.74) is 0.760. The van der Waals surface area contributed by atoms with Crippen LogP contribution in [0.15, 0.2) is 36.9 Å². The quantitative estimate of drug-likeness (QED) is 0.607. The van der Waals surface area contributed by atoms with E-state index in [9.17, 15) is 18.0 Å². The second kappa shape index (κ2) is 7.58. The molecule has 1 rings (SSSR count). The summed E-state index contributed by atoms with van der Waals surface area (Å²) >= 11 is 0. The molecule has 0 aromatic heterocycles. The third-order valence-corrected chi connectivity index (χ3v) is 3.85. The van der Waals surface area contributed by atoms with Crippen molar-refractivity contribution in [3.8, 4) is 0 Å². The van der Waals surface area contributed by atoms with Crippen molar-refractivity contribution in [2.45, 2.75) is 6.92 Å². The van der Waals surface area contributed by atoms with E-state index in [1.54, 1.807) is 6.92 Å². The number of carbonyl (C=O) groups excluding carboxylic acids is 2. The molecule has 0 aliphatic carbocycles. The third-order valence-electron chi connectivity index (χ3n) is 2.40. The van der Waals surface area contributed by atoms with Gasteiger partial charge in [0, 0.05) is 5.69 Å². The van der Waals surface area contributed by atoms with Crippen LogP contribution in [0.25, 0.3) is 0 Å². The molecule has 114 valence electrons. The number of anilines is 1. The van der Waals surface area contributed by atoms with Gasteiger partial charge in [-0.15, -0.1) is 6.58 Å². The van der Waals surface area contributed by atoms with Gasteiger partial charge in [0.2, 0.25) is 5.91 Å². The highest BCUT2D eigenvalue weighted by atomic mass is 32.2. The van der Waals surface area contributed by atoms with Crippen molar-refractivity contribution in [1.82, 2.24) is 0 Å². The summed E-state index contributed by atoms with van der Waals surface area (Å²) in [5, 5.41) is 2.45. The van der Waals surface area contributed by atoms with Gasteiger partial charge in [0.1, 0.15) is 5.75 Å². The van der Waals surface area contributed by atoms with Crippen LogP contribution in [0.4, 0.5) is 5.69 Å². The fourth-order valence-electron chi connectivity index (χ4n) is 1.54. The van der Waals surface area contributed by atoms with Gasteiger partial charge in [-0.3, -0.25) is 4.79 Å². The molecule has 1 aromatic carbocycles. The Bertz CT molecular complexity index is 619. The van der Waals surface area contributed by atoms with Crippen LogP contribution in [-0.4, -0.2) is 38.4 Å². The van der Waals surface area contributed by atoms with Crippen molar-refractivity contribution in [2.24, 2.45) is 0 Å². The van der Waals surface area contributed by atoms with E-state index < -0.39 is 27.5 Å². The predicted molar refractivity (Wildman–Crippen MR) is 79.9 cm³/mol. The van der Waals surface area contributed by atoms with Gasteiger partial charge >= 0.3 is 5.97 Å². The Balaban J connectivity index is 2.65. The van der Waals surface area contributed by atoms with E-state index in [1.165, 1.54) is 30.3 Å². The summed E-state index contributed by atoms with van der Waals surface area (Å²) < 4.78 is 27.7. The molecule has 6 nitrogen and oxygen atoms in total. The summed E-state index contributed by atoms with van der Waals surface area (Å²) in [6.07, 6.45) is 1.23. The SMILES string of the molecule is C=CCS(=O)(=O)CC(=O)Nc1ccc(C(=O)OCC)cc1. The Kier molecular flexibility index (Phi) is 6.10. The van der Waals surface area contributed by atoms with Gasteiger partial charge in [0.15, 0.2) is 9.84 Å². The van der Waals surface area contributed by atoms with Crippen molar-refractivity contribution in [3.63, 3.8) is 0 Å². The Labute approximate surface area is 123 Å². The molecule has 0 saturated heterocycles. The monoisotopic (exact) mass is 311 g/mol. The van der Waals surface area contributed by atoms with Crippen LogP contribution in [0.5, 0.6) is 0 Å². The van der Waals surface area contributed by atoms with Crippen LogP contribution in [0.1, 0.15) is 17.3 Å². The molecule has 0 aliphatic heterocycles. The molecule has 0 radical (unpaired) electrons. The van der Waals surface area contributed by atoms with E-state index >= 15 is 0 Å². The molecule has 1 aromatic rings. The van der Waals surface area contributed by atoms with Gasteiger partial charge in [0.25, 0.3) is 0 Å². The van der Waals surface area contributed by atoms with E-state index in [1.807, 2.05) is 0 Å². The lowest BCUT2D eigenvalue weighted by atomic mass is 10.2. The third kappa shape index (κ3) is 5.78. The molecule has 1 N–H and O–H groups in total. The highest BCUT2D eigenvalue weighted by Crippen LogP contribution is 2.11. The molecule has 0 fully saturated rings. The normalized spacial score (nSPS) is 10.7. The maximum atomic E-state index is 11.6. The first kappa shape index (κ1) is 16.9. The summed E-state index contributed by atoms with van der Waals surface area (Å²) in [4.78, 5) is 23.0. The van der Waals surface area contributed by atoms with Crippen LogP contribution in [0, 0.1) is 0 Å². The zero-order valence-electron chi connectivity index (χ0n) is 11.7. The molecule has 7 heteroatoms. The lowest BCUT2D eigenvalue weighted by molar-refractivity contribution is -0.113. The fourth-order valence-corrected chi connectivity index (χ4v) is 2.49. The maximum Gasteiger partial charge on any atom is 0.338 e. The Morgan fingerprint density at radius 2 is 1.90 bits per heavy atom. The fraction of sp³-hybridized carbons (Fsp3) is 0.286. The van der Waals surface area contributed by atoms with Crippen molar-refractivity contribution in [1.29, 1.82) is 0 Å². The van der Waals surface area contributed by atoms with Gasteiger partial charge in [-0.1, -0.05) is 6.08 Å². The number of amides is 1. The number of nitrogens with one attached hydrogen (secondary N) is 1. The Morgan fingerprint density at radius 3 is 2.43 bits per heavy atom. The second-order valence-corrected chi connectivity index (χ2v) is 6.30. The summed E-state index contributed by atoms with van der Waals surface area (Å²) in [6, 6.07) is 5.99. The largest absolute Gasteiger partial charge is 0.462 e. The zero-order valence-corrected chi connectivity index (χ0v) is 12.5. The Morgan fingerprint density at radius 1 is 1.29 bits per heavy atom. The number of hydrogen-bond donors (Lipinski definition) is 1. The number of rotatable bonds is 7. The smallest absolute Gasteiger partial charge is 0.338 e. The number of benzene rings is 1. The molecular weight excluding hydrogens is 294 g/mol. The minimum atomic E-state index is -3.48. The van der Waals surface area contributed by atoms with E-state index in [2.05, 4.69) is 11.9 Å². The molecule has 0 spiro atoms. The molecule has 0 bridgehead atoms. The molecule has 0 aliphatic rings. The minimum Gasteiger partial charge on any atom is -0.462 e. The summed E-state index contributed by atoms with van der Waals surface area (Å²) in [6.45, 7) is 5.30. The predicted octanol–water partition coefficient (Wildman–Crippen LogP) is 1.40. The van der Waals surface area contributed by atoms with Crippen LogP contribution in [0.3, 0.4) is 0 Å². The first-order valence-corrected chi connectivity index (χ1v) is 8.08. The van der Waals surface area contributed by atoms with Gasteiger partial charge in [-0.2, -0.15) is 0 Å². The highest BCUT2D eigenvalue weighted by molar-refractivity contribution is 7.92. The molecule has 0 unspecified atom stereocenters. The van der Waals surface area contributed by atoms with Crippen molar-refractivity contribution >= 4 is 27.4 Å². The summed E-state index contributed by atoms with van der Waals surface area (Å²) in [7, 11) is -3.48. The number of sulfone groups is 1. The van der Waals surface area contributed by atoms with E-state index in [0.717, 1.165) is 0 Å². The Hall–Kier alpha value is -2.15. The van der Waals surface area contributed by atoms with Crippen molar-refractivity contribution in [3.05, 3.63) is 42.5 Å². The molecule has 0 atom stereocenters. The lowest BCUT2D eigenvalue weighted by Crippen LogP contribution is -2.24. The molecule has 0 saturated carbocycles. The number of esters is 1. The van der Waals surface area contributed by atoms with Gasteiger partial charge < -0.3 is 10.1 Å². The van der Waals surface area contributed by atoms with Crippen LogP contribution >= 0.6 is 0 Å². The summed E-state index contributed by atoms with van der Waals surface area (Å²) in [5.74, 6) is -1.95. The zero-order chi connectivity index (χ0) is 15.9. The standard InChI is InChI=1S/C14H17NO5S/c1-3-9-21(18,19)10-13(16)15-12-7-5-11(6-8-12)14(17)20-4-2/h3,5-8H,1,4,9-10H2,2H3,(H,15,16). The van der Waals surface area contributed by atoms with E-state index in [4.69, 9.17) is 4.74 Å². The highest BCUT2D eigenvalue weighted by Gasteiger charge is 2.15. The molecule has 21 heavy (non-hydrogen) atoms. The molecule has 0 heterocycles. The first-order chi connectivity index (χ1) is 9.88. The first-order valence-electron chi connectivity index (χ1n) is 6.26. The topological polar surface area (TPSA) is 89.5 Å². The maximum absolute atomic E-state index is 11.6. The van der Waals surface area contributed by atoms with Gasteiger partial charge in [-0.05, 0) is 31.2 Å². The van der Waals surface area contributed by atoms with Crippen LogP contribution in [-0.2, 0) is 19.4 Å². The van der Waals surface area contributed by atoms with E-state index in [-0.39, 0.29) is 12.4 Å². The van der Waals surface area contributed by atoms with Crippen molar-refractivity contribution < 1.29 is 22.7 Å². The number of carbonyl (C=O) groups is 2. The van der Waals surface area contributed by atoms with Crippen LogP contribution < -0.4 is 5.32 Å².